The molecule has 0 aliphatic heterocycles. The van der Waals surface area contributed by atoms with Gasteiger partial charge in [0.05, 0.1) is 6.61 Å². The molecule has 186 valence electrons. The Kier molecular flexibility index (Phi) is 25.7. The number of unbranched alkanes of at least 4 members (excludes halogenated alkanes) is 15. The van der Waals surface area contributed by atoms with Gasteiger partial charge in [0.25, 0.3) is 0 Å². The number of rotatable bonds is 24. The summed E-state index contributed by atoms with van der Waals surface area (Å²) in [5.41, 5.74) is 0. The number of ether oxygens (including phenoxy) is 4. The van der Waals surface area contributed by atoms with Gasteiger partial charge in [0.2, 0.25) is 0 Å². The van der Waals surface area contributed by atoms with Gasteiger partial charge in [-0.3, -0.25) is 0 Å². The van der Waals surface area contributed by atoms with Crippen LogP contribution in [0.3, 0.4) is 0 Å². The highest BCUT2D eigenvalue weighted by molar-refractivity contribution is 9.09. The summed E-state index contributed by atoms with van der Waals surface area (Å²) in [7, 11) is 1.59. The van der Waals surface area contributed by atoms with Crippen molar-refractivity contribution in [3.8, 4) is 0 Å². The summed E-state index contributed by atoms with van der Waals surface area (Å²) in [6.07, 6.45) is 20.9. The van der Waals surface area contributed by atoms with E-state index in [9.17, 15) is 4.79 Å². The molecule has 0 amide bonds. The maximum absolute atomic E-state index is 11.3. The Morgan fingerprint density at radius 3 is 1.61 bits per heavy atom. The third-order valence-corrected chi connectivity index (χ3v) is 5.79. The van der Waals surface area contributed by atoms with Gasteiger partial charge in [-0.2, -0.15) is 0 Å². The molecule has 31 heavy (non-hydrogen) atoms. The van der Waals surface area contributed by atoms with Crippen LogP contribution in [0.2, 0.25) is 0 Å². The van der Waals surface area contributed by atoms with Crippen molar-refractivity contribution in [3.05, 3.63) is 0 Å². The van der Waals surface area contributed by atoms with Crippen LogP contribution in [0.4, 0.5) is 4.79 Å². The number of carbonyl (C=O) groups excluding carboxylic acids is 1. The number of hydrogen-bond acceptors (Lipinski definition) is 5. The largest absolute Gasteiger partial charge is 0.508 e. The van der Waals surface area contributed by atoms with Crippen molar-refractivity contribution in [3.63, 3.8) is 0 Å². The maximum Gasteiger partial charge on any atom is 0.508 e. The molecule has 0 aliphatic carbocycles. The van der Waals surface area contributed by atoms with Crippen molar-refractivity contribution in [1.29, 1.82) is 0 Å². The van der Waals surface area contributed by atoms with Crippen molar-refractivity contribution in [1.82, 2.24) is 0 Å². The number of halogens is 1. The van der Waals surface area contributed by atoms with E-state index in [1.807, 2.05) is 0 Å². The third kappa shape index (κ3) is 24.1. The summed E-state index contributed by atoms with van der Waals surface area (Å²) in [6.45, 7) is 3.89. The fourth-order valence-corrected chi connectivity index (χ4v) is 3.64. The van der Waals surface area contributed by atoms with Crippen molar-refractivity contribution >= 4 is 22.1 Å². The highest BCUT2D eigenvalue weighted by Gasteiger charge is 2.12. The van der Waals surface area contributed by atoms with Gasteiger partial charge in [-0.25, -0.2) is 4.79 Å². The van der Waals surface area contributed by atoms with Crippen molar-refractivity contribution in [2.24, 2.45) is 0 Å². The smallest absolute Gasteiger partial charge is 0.433 e. The van der Waals surface area contributed by atoms with Gasteiger partial charge in [-0.1, -0.05) is 119 Å². The van der Waals surface area contributed by atoms with E-state index in [1.165, 1.54) is 96.3 Å². The lowest BCUT2D eigenvalue weighted by molar-refractivity contribution is -0.0372. The Bertz CT molecular complexity index is 368. The summed E-state index contributed by atoms with van der Waals surface area (Å²) in [5.74, 6) is 0. The average molecular weight is 510 g/mol. The summed E-state index contributed by atoms with van der Waals surface area (Å²) in [4.78, 5) is 11.3. The van der Waals surface area contributed by atoms with Gasteiger partial charge in [0.15, 0.2) is 0 Å². The predicted molar refractivity (Wildman–Crippen MR) is 132 cm³/mol. The van der Waals surface area contributed by atoms with Gasteiger partial charge in [0.1, 0.15) is 19.3 Å². The Balaban J connectivity index is 3.27. The molecular formula is C25H49BrO5. The lowest BCUT2D eigenvalue weighted by Gasteiger charge is -2.15. The Labute approximate surface area is 200 Å². The molecule has 0 spiro atoms. The van der Waals surface area contributed by atoms with Gasteiger partial charge < -0.3 is 18.9 Å². The highest BCUT2D eigenvalue weighted by atomic mass is 79.9. The van der Waals surface area contributed by atoms with Crippen molar-refractivity contribution in [2.45, 2.75) is 116 Å². The Morgan fingerprint density at radius 2 is 1.16 bits per heavy atom. The van der Waals surface area contributed by atoms with Gasteiger partial charge >= 0.3 is 6.16 Å². The second-order valence-corrected chi connectivity index (χ2v) is 9.13. The summed E-state index contributed by atoms with van der Waals surface area (Å²) >= 11 is 3.19. The monoisotopic (exact) mass is 508 g/mol. The standard InChI is InChI=1S/C25H49BrO5/c1-3-4-5-6-7-8-9-10-11-12-13-14-15-16-17-18-20-29-22-24(28-2)23-31-25(27)30-21-19-26/h24H,3-23H2,1-2H3/t24-/m1/s1. The summed E-state index contributed by atoms with van der Waals surface area (Å²) in [6, 6.07) is 0. The average Bonchev–Trinajstić information content (AvgIpc) is 2.78. The first kappa shape index (κ1) is 30.7. The molecule has 0 unspecified atom stereocenters. The van der Waals surface area contributed by atoms with Crippen LogP contribution < -0.4 is 0 Å². The first-order valence-corrected chi connectivity index (χ1v) is 13.8. The number of hydrogen-bond donors (Lipinski definition) is 0. The first-order valence-electron chi connectivity index (χ1n) is 12.7. The molecule has 6 heteroatoms. The number of methoxy groups -OCH3 is 1. The molecule has 0 aromatic rings. The van der Waals surface area contributed by atoms with E-state index in [1.54, 1.807) is 7.11 Å². The molecule has 1 atom stereocenters. The topological polar surface area (TPSA) is 54.0 Å². The van der Waals surface area contributed by atoms with Crippen molar-refractivity contribution in [2.75, 3.05) is 38.9 Å². The second kappa shape index (κ2) is 25.9. The Hall–Kier alpha value is -0.330. The fraction of sp³-hybridized carbons (Fsp3) is 0.960. The van der Waals surface area contributed by atoms with Crippen LogP contribution in [-0.4, -0.2) is 51.1 Å². The van der Waals surface area contributed by atoms with Crippen LogP contribution >= 0.6 is 15.9 Å². The van der Waals surface area contributed by atoms with Gasteiger partial charge in [-0.05, 0) is 6.42 Å². The molecule has 0 aromatic heterocycles. The molecule has 0 saturated heterocycles. The lowest BCUT2D eigenvalue weighted by Crippen LogP contribution is -2.26. The zero-order chi connectivity index (χ0) is 22.8. The van der Waals surface area contributed by atoms with Crippen LogP contribution in [0.15, 0.2) is 0 Å². The van der Waals surface area contributed by atoms with Crippen LogP contribution in [0, 0.1) is 0 Å². The molecule has 0 heterocycles. The van der Waals surface area contributed by atoms with Gasteiger partial charge in [-0.15, -0.1) is 0 Å². The minimum absolute atomic E-state index is 0.149. The van der Waals surface area contributed by atoms with E-state index < -0.39 is 6.16 Å². The molecule has 5 nitrogen and oxygen atoms in total. The van der Waals surface area contributed by atoms with E-state index in [-0.39, 0.29) is 12.7 Å². The summed E-state index contributed by atoms with van der Waals surface area (Å²) in [5, 5.41) is 0.595. The molecule has 0 saturated carbocycles. The predicted octanol–water partition coefficient (Wildman–Crippen LogP) is 7.83. The molecule has 0 radical (unpaired) electrons. The number of alkyl halides is 1. The van der Waals surface area contributed by atoms with E-state index in [0.717, 1.165) is 13.0 Å². The zero-order valence-electron chi connectivity index (χ0n) is 20.3. The quantitative estimate of drug-likeness (QED) is 0.0754. The van der Waals surface area contributed by atoms with Crippen LogP contribution in [0.1, 0.15) is 110 Å². The van der Waals surface area contributed by atoms with Crippen LogP contribution in [0.25, 0.3) is 0 Å². The van der Waals surface area contributed by atoms with Crippen LogP contribution in [0.5, 0.6) is 0 Å². The molecule has 0 fully saturated rings. The van der Waals surface area contributed by atoms with E-state index >= 15 is 0 Å². The Morgan fingerprint density at radius 1 is 0.677 bits per heavy atom. The molecule has 0 rings (SSSR count). The van der Waals surface area contributed by atoms with E-state index in [2.05, 4.69) is 22.9 Å². The zero-order valence-corrected chi connectivity index (χ0v) is 21.9. The first-order chi connectivity index (χ1) is 15.2. The maximum atomic E-state index is 11.3. The number of carbonyl (C=O) groups is 1. The second-order valence-electron chi connectivity index (χ2n) is 8.33. The summed E-state index contributed by atoms with van der Waals surface area (Å²) < 4.78 is 20.7. The lowest BCUT2D eigenvalue weighted by atomic mass is 10.0. The highest BCUT2D eigenvalue weighted by Crippen LogP contribution is 2.13. The molecule has 0 aromatic carbocycles. The molecular weight excluding hydrogens is 460 g/mol. The normalized spacial score (nSPS) is 12.1. The molecule has 0 N–H and O–H groups in total. The van der Waals surface area contributed by atoms with Gasteiger partial charge in [0, 0.05) is 19.0 Å². The third-order valence-electron chi connectivity index (χ3n) is 5.46. The fourth-order valence-electron chi connectivity index (χ4n) is 3.48. The molecule has 0 bridgehead atoms. The van der Waals surface area contributed by atoms with Crippen LogP contribution in [-0.2, 0) is 18.9 Å². The van der Waals surface area contributed by atoms with E-state index in [0.29, 0.717) is 18.5 Å². The minimum atomic E-state index is -0.667. The van der Waals surface area contributed by atoms with E-state index in [4.69, 9.17) is 18.9 Å². The minimum Gasteiger partial charge on any atom is -0.433 e. The molecule has 0 aliphatic rings. The van der Waals surface area contributed by atoms with Crippen molar-refractivity contribution < 1.29 is 23.7 Å². The SMILES string of the molecule is CCCCCCCCCCCCCCCCCCOC[C@H](COC(=O)OCCBr)OC.